The number of sulfonamides is 1. The molecule has 0 saturated carbocycles. The van der Waals surface area contributed by atoms with Gasteiger partial charge in [0, 0.05) is 27.6 Å². The van der Waals surface area contributed by atoms with E-state index in [1.54, 1.807) is 42.5 Å². The van der Waals surface area contributed by atoms with Crippen LogP contribution in [0.15, 0.2) is 59.5 Å². The monoisotopic (exact) mass is 467 g/mol. The first-order valence-electron chi connectivity index (χ1n) is 10.8. The normalized spacial score (nSPS) is 12.6. The summed E-state index contributed by atoms with van der Waals surface area (Å²) in [4.78, 5) is 26.6. The molecule has 172 valence electrons. The lowest BCUT2D eigenvalue weighted by molar-refractivity contribution is 0.0944. The van der Waals surface area contributed by atoms with E-state index in [0.29, 0.717) is 34.4 Å². The first-order chi connectivity index (χ1) is 15.9. The van der Waals surface area contributed by atoms with Crippen molar-refractivity contribution in [2.24, 2.45) is 0 Å². The van der Waals surface area contributed by atoms with Crippen molar-refractivity contribution in [3.8, 4) is 5.75 Å². The first kappa shape index (κ1) is 22.8. The Morgan fingerprint density at radius 1 is 1.00 bits per heavy atom. The lowest BCUT2D eigenvalue weighted by Crippen LogP contribution is -2.41. The quantitative estimate of drug-likeness (QED) is 0.308. The summed E-state index contributed by atoms with van der Waals surface area (Å²) in [5, 5.41) is 3.65. The van der Waals surface area contributed by atoms with Crippen molar-refractivity contribution in [1.82, 2.24) is 10.3 Å². The molecular weight excluding hydrogens is 442 g/mol. The number of unbranched alkanes of at least 4 members (excludes halogenated alkanes) is 3. The molecule has 0 unspecified atom stereocenters. The number of anilines is 1. The van der Waals surface area contributed by atoms with Crippen LogP contribution in [0.3, 0.4) is 0 Å². The summed E-state index contributed by atoms with van der Waals surface area (Å²) >= 11 is 0. The third kappa shape index (κ3) is 4.84. The second-order valence-electron chi connectivity index (χ2n) is 7.79. The third-order valence-corrected chi connectivity index (χ3v) is 6.77. The van der Waals surface area contributed by atoms with Crippen molar-refractivity contribution in [1.29, 1.82) is 0 Å². The zero-order valence-electron chi connectivity index (χ0n) is 18.2. The number of hydrogen-bond acceptors (Lipinski definition) is 5. The SMILES string of the molecule is CCCCCCOc1ccc(C(=O)NNS(=O)(=O)c2ccc3c4c(cccc24)C(=O)N3)cc1. The predicted octanol–water partition coefficient (Wildman–Crippen LogP) is 3.99. The fourth-order valence-corrected chi connectivity index (χ4v) is 4.80. The molecule has 0 aliphatic carbocycles. The molecule has 0 atom stereocenters. The van der Waals surface area contributed by atoms with E-state index in [4.69, 9.17) is 4.74 Å². The lowest BCUT2D eigenvalue weighted by Gasteiger charge is -2.12. The molecule has 0 spiro atoms. The summed E-state index contributed by atoms with van der Waals surface area (Å²) in [5.41, 5.74) is 3.50. The van der Waals surface area contributed by atoms with Crippen molar-refractivity contribution < 1.29 is 22.7 Å². The molecule has 4 rings (SSSR count). The molecule has 1 aliphatic heterocycles. The van der Waals surface area contributed by atoms with E-state index in [0.717, 1.165) is 19.3 Å². The van der Waals surface area contributed by atoms with E-state index in [2.05, 4.69) is 22.5 Å². The van der Waals surface area contributed by atoms with Crippen LogP contribution in [0.5, 0.6) is 5.75 Å². The maximum absolute atomic E-state index is 12.9. The van der Waals surface area contributed by atoms with Crippen LogP contribution in [-0.2, 0) is 10.0 Å². The van der Waals surface area contributed by atoms with Gasteiger partial charge in [-0.1, -0.05) is 38.3 Å². The van der Waals surface area contributed by atoms with Gasteiger partial charge in [-0.05, 0) is 48.9 Å². The molecule has 0 fully saturated rings. The second kappa shape index (κ2) is 9.60. The standard InChI is InChI=1S/C24H25N3O5S/c1-2-3-4-5-15-32-17-11-9-16(10-12-17)23(28)26-27-33(30,31)21-14-13-20-22-18(21)7-6-8-19(22)24(29)25-20/h6-14,27H,2-5,15H2,1H3,(H,25,29)(H,26,28). The van der Waals surface area contributed by atoms with Gasteiger partial charge in [-0.25, -0.2) is 8.42 Å². The second-order valence-corrected chi connectivity index (χ2v) is 9.44. The van der Waals surface area contributed by atoms with Gasteiger partial charge in [0.1, 0.15) is 5.75 Å². The lowest BCUT2D eigenvalue weighted by atomic mass is 10.1. The largest absolute Gasteiger partial charge is 0.494 e. The maximum atomic E-state index is 12.9. The molecule has 9 heteroatoms. The summed E-state index contributed by atoms with van der Waals surface area (Å²) in [5.74, 6) is -0.227. The van der Waals surface area contributed by atoms with E-state index in [1.165, 1.54) is 18.6 Å². The van der Waals surface area contributed by atoms with Crippen molar-refractivity contribution in [2.45, 2.75) is 37.5 Å². The van der Waals surface area contributed by atoms with Crippen LogP contribution < -0.4 is 20.3 Å². The van der Waals surface area contributed by atoms with Crippen LogP contribution in [0.4, 0.5) is 5.69 Å². The minimum atomic E-state index is -4.09. The molecule has 0 bridgehead atoms. The average molecular weight is 468 g/mol. The van der Waals surface area contributed by atoms with Gasteiger partial charge >= 0.3 is 0 Å². The van der Waals surface area contributed by atoms with Crippen LogP contribution in [0.25, 0.3) is 10.8 Å². The molecule has 3 aromatic rings. The first-order valence-corrected chi connectivity index (χ1v) is 12.3. The Morgan fingerprint density at radius 3 is 2.55 bits per heavy atom. The molecule has 3 aromatic carbocycles. The Morgan fingerprint density at radius 2 is 1.79 bits per heavy atom. The number of hydrazine groups is 1. The summed E-state index contributed by atoms with van der Waals surface area (Å²) < 4.78 is 31.5. The molecule has 1 aliphatic rings. The summed E-state index contributed by atoms with van der Waals surface area (Å²) in [6.07, 6.45) is 4.42. The number of nitrogens with one attached hydrogen (secondary N) is 3. The van der Waals surface area contributed by atoms with E-state index < -0.39 is 15.9 Å². The number of benzene rings is 3. The van der Waals surface area contributed by atoms with Crippen molar-refractivity contribution >= 4 is 38.3 Å². The number of rotatable bonds is 10. The molecular formula is C24H25N3O5S. The van der Waals surface area contributed by atoms with Crippen LogP contribution in [0, 0.1) is 0 Å². The Hall–Kier alpha value is -3.43. The zero-order valence-corrected chi connectivity index (χ0v) is 19.0. The van der Waals surface area contributed by atoms with Gasteiger partial charge in [-0.15, -0.1) is 4.83 Å². The Balaban J connectivity index is 1.42. The highest BCUT2D eigenvalue weighted by atomic mass is 32.2. The van der Waals surface area contributed by atoms with Gasteiger partial charge in [-0.3, -0.25) is 15.0 Å². The topological polar surface area (TPSA) is 114 Å². The fourth-order valence-electron chi connectivity index (χ4n) is 3.76. The Labute approximate surface area is 192 Å². The minimum absolute atomic E-state index is 0.0354. The molecule has 2 amide bonds. The number of ether oxygens (including phenoxy) is 1. The van der Waals surface area contributed by atoms with Gasteiger partial charge in [-0.2, -0.15) is 0 Å². The van der Waals surface area contributed by atoms with Crippen LogP contribution in [0.2, 0.25) is 0 Å². The van der Waals surface area contributed by atoms with Gasteiger partial charge in [0.25, 0.3) is 21.8 Å². The molecule has 8 nitrogen and oxygen atoms in total. The smallest absolute Gasteiger partial charge is 0.266 e. The average Bonchev–Trinajstić information content (AvgIpc) is 3.15. The number of carbonyl (C=O) groups excluding carboxylic acids is 2. The van der Waals surface area contributed by atoms with Gasteiger partial charge < -0.3 is 10.1 Å². The molecule has 33 heavy (non-hydrogen) atoms. The maximum Gasteiger partial charge on any atom is 0.266 e. The van der Waals surface area contributed by atoms with Crippen molar-refractivity contribution in [3.05, 3.63) is 65.7 Å². The Kier molecular flexibility index (Phi) is 6.62. The third-order valence-electron chi connectivity index (χ3n) is 5.47. The molecule has 0 saturated heterocycles. The zero-order chi connectivity index (χ0) is 23.4. The Bertz CT molecular complexity index is 1300. The van der Waals surface area contributed by atoms with Gasteiger partial charge in [0.15, 0.2) is 0 Å². The van der Waals surface area contributed by atoms with Gasteiger partial charge in [0.2, 0.25) is 0 Å². The van der Waals surface area contributed by atoms with Crippen LogP contribution in [-0.4, -0.2) is 26.8 Å². The molecule has 0 radical (unpaired) electrons. The van der Waals surface area contributed by atoms with Crippen LogP contribution in [0.1, 0.15) is 53.3 Å². The summed E-state index contributed by atoms with van der Waals surface area (Å²) in [7, 11) is -4.09. The predicted molar refractivity (Wildman–Crippen MR) is 126 cm³/mol. The van der Waals surface area contributed by atoms with E-state index in [-0.39, 0.29) is 16.4 Å². The number of carbonyl (C=O) groups is 2. The molecule has 3 N–H and O–H groups in total. The minimum Gasteiger partial charge on any atom is -0.494 e. The van der Waals surface area contributed by atoms with E-state index >= 15 is 0 Å². The summed E-state index contributed by atoms with van der Waals surface area (Å²) in [6, 6.07) is 14.3. The highest BCUT2D eigenvalue weighted by molar-refractivity contribution is 7.89. The highest BCUT2D eigenvalue weighted by Crippen LogP contribution is 2.36. The highest BCUT2D eigenvalue weighted by Gasteiger charge is 2.26. The van der Waals surface area contributed by atoms with E-state index in [1.807, 2.05) is 0 Å². The molecule has 1 heterocycles. The fraction of sp³-hybridized carbons (Fsp3) is 0.250. The molecule has 0 aromatic heterocycles. The van der Waals surface area contributed by atoms with Crippen molar-refractivity contribution in [2.75, 3.05) is 11.9 Å². The number of amides is 2. The van der Waals surface area contributed by atoms with Crippen molar-refractivity contribution in [3.63, 3.8) is 0 Å². The van der Waals surface area contributed by atoms with Gasteiger partial charge in [0.05, 0.1) is 11.5 Å². The van der Waals surface area contributed by atoms with Crippen LogP contribution >= 0.6 is 0 Å². The number of hydrogen-bond donors (Lipinski definition) is 3. The van der Waals surface area contributed by atoms with E-state index in [9.17, 15) is 18.0 Å². The summed E-state index contributed by atoms with van der Waals surface area (Å²) in [6.45, 7) is 2.76.